The van der Waals surface area contributed by atoms with Crippen molar-refractivity contribution in [2.24, 2.45) is 0 Å². The van der Waals surface area contributed by atoms with Gasteiger partial charge in [-0.25, -0.2) is 0 Å². The summed E-state index contributed by atoms with van der Waals surface area (Å²) in [6.45, 7) is 0. The number of hydrogen-bond acceptors (Lipinski definition) is 2. The van der Waals surface area contributed by atoms with Crippen LogP contribution in [0.2, 0.25) is 0 Å². The van der Waals surface area contributed by atoms with Crippen LogP contribution >= 0.6 is 34.8 Å². The highest BCUT2D eigenvalue weighted by molar-refractivity contribution is 14.1. The number of carbonyl (C=O) groups excluding carboxylic acids is 1. The molecule has 1 heterocycles. The Morgan fingerprint density at radius 3 is 2.57 bits per heavy atom. The van der Waals surface area contributed by atoms with Gasteiger partial charge >= 0.3 is 0 Å². The highest BCUT2D eigenvalue weighted by Gasteiger charge is 2.31. The number of thiocarbonyl (C=S) groups is 1. The number of rotatable bonds is 2. The van der Waals surface area contributed by atoms with E-state index in [-0.39, 0.29) is 5.91 Å². The van der Waals surface area contributed by atoms with Crippen molar-refractivity contribution in [3.63, 3.8) is 0 Å². The van der Waals surface area contributed by atoms with Gasteiger partial charge in [0.1, 0.15) is 5.70 Å². The zero-order valence-electron chi connectivity index (χ0n) is 10.9. The van der Waals surface area contributed by atoms with Crippen LogP contribution < -0.4 is 10.2 Å². The molecule has 0 aromatic heterocycles. The van der Waals surface area contributed by atoms with E-state index >= 15 is 0 Å². The molecule has 1 fully saturated rings. The maximum absolute atomic E-state index is 12.5. The first-order chi connectivity index (χ1) is 10.1. The van der Waals surface area contributed by atoms with Crippen molar-refractivity contribution in [1.82, 2.24) is 5.32 Å². The molecule has 3 rings (SSSR count). The molecule has 2 aromatic carbocycles. The number of hydrogen-bond donors (Lipinski definition) is 1. The summed E-state index contributed by atoms with van der Waals surface area (Å²) >= 11 is 7.50. The molecule has 0 radical (unpaired) electrons. The highest BCUT2D eigenvalue weighted by Crippen LogP contribution is 2.23. The first-order valence-electron chi connectivity index (χ1n) is 6.33. The minimum Gasteiger partial charge on any atom is -0.327 e. The van der Waals surface area contributed by atoms with Gasteiger partial charge in [0.25, 0.3) is 5.91 Å². The highest BCUT2D eigenvalue weighted by atomic mass is 127. The molecule has 0 bridgehead atoms. The van der Waals surface area contributed by atoms with E-state index in [0.717, 1.165) is 14.8 Å². The standard InChI is InChI=1S/C16H11IN2OS/c17-12-7-4-8-13(10-12)19-15(20)14(18-16(19)21)9-11-5-2-1-3-6-11/h1-10H,(H,18,21). The molecule has 1 amide bonds. The zero-order chi connectivity index (χ0) is 14.8. The second kappa shape index (κ2) is 5.95. The third-order valence-corrected chi connectivity index (χ3v) is 4.01. The fourth-order valence-corrected chi connectivity index (χ4v) is 2.93. The average molecular weight is 406 g/mol. The normalized spacial score (nSPS) is 16.4. The van der Waals surface area contributed by atoms with Gasteiger partial charge in [-0.15, -0.1) is 0 Å². The van der Waals surface area contributed by atoms with Crippen LogP contribution in [0.3, 0.4) is 0 Å². The fraction of sp³-hybridized carbons (Fsp3) is 0. The topological polar surface area (TPSA) is 32.3 Å². The summed E-state index contributed by atoms with van der Waals surface area (Å²) in [5, 5.41) is 3.39. The van der Waals surface area contributed by atoms with E-state index in [2.05, 4.69) is 27.9 Å². The van der Waals surface area contributed by atoms with E-state index in [9.17, 15) is 4.79 Å². The van der Waals surface area contributed by atoms with Gasteiger partial charge in [-0.1, -0.05) is 36.4 Å². The maximum Gasteiger partial charge on any atom is 0.281 e. The lowest BCUT2D eigenvalue weighted by Gasteiger charge is -2.14. The molecule has 0 unspecified atom stereocenters. The van der Waals surface area contributed by atoms with Gasteiger partial charge in [0.05, 0.1) is 5.69 Å². The number of nitrogens with zero attached hydrogens (tertiary/aromatic N) is 1. The van der Waals surface area contributed by atoms with E-state index < -0.39 is 0 Å². The van der Waals surface area contributed by atoms with Crippen LogP contribution in [0.1, 0.15) is 5.56 Å². The Kier molecular flexibility index (Phi) is 4.03. The second-order valence-corrected chi connectivity index (χ2v) is 6.15. The maximum atomic E-state index is 12.5. The van der Waals surface area contributed by atoms with Crippen molar-refractivity contribution in [1.29, 1.82) is 0 Å². The van der Waals surface area contributed by atoms with E-state index in [4.69, 9.17) is 12.2 Å². The monoisotopic (exact) mass is 406 g/mol. The Balaban J connectivity index is 1.94. The third-order valence-electron chi connectivity index (χ3n) is 3.06. The van der Waals surface area contributed by atoms with E-state index in [1.54, 1.807) is 0 Å². The Morgan fingerprint density at radius 1 is 1.10 bits per heavy atom. The van der Waals surface area contributed by atoms with Crippen LogP contribution in [0, 0.1) is 3.57 Å². The van der Waals surface area contributed by atoms with Crippen molar-refractivity contribution in [2.75, 3.05) is 4.90 Å². The number of benzene rings is 2. The van der Waals surface area contributed by atoms with E-state index in [1.807, 2.05) is 60.7 Å². The van der Waals surface area contributed by atoms with Crippen molar-refractivity contribution >= 4 is 57.6 Å². The van der Waals surface area contributed by atoms with Crippen LogP contribution in [-0.4, -0.2) is 11.0 Å². The predicted molar refractivity (Wildman–Crippen MR) is 96.8 cm³/mol. The average Bonchev–Trinajstić information content (AvgIpc) is 2.74. The molecule has 5 heteroatoms. The van der Waals surface area contributed by atoms with Crippen molar-refractivity contribution in [3.8, 4) is 0 Å². The molecule has 1 N–H and O–H groups in total. The molecule has 0 aliphatic carbocycles. The van der Waals surface area contributed by atoms with Gasteiger partial charge in [0.15, 0.2) is 5.11 Å². The molecule has 21 heavy (non-hydrogen) atoms. The summed E-state index contributed by atoms with van der Waals surface area (Å²) in [7, 11) is 0. The van der Waals surface area contributed by atoms with Gasteiger partial charge < -0.3 is 5.32 Å². The second-order valence-electron chi connectivity index (χ2n) is 4.52. The van der Waals surface area contributed by atoms with E-state index in [0.29, 0.717) is 10.8 Å². The minimum absolute atomic E-state index is 0.133. The van der Waals surface area contributed by atoms with Crippen LogP contribution in [0.4, 0.5) is 5.69 Å². The predicted octanol–water partition coefficient (Wildman–Crippen LogP) is 3.55. The van der Waals surface area contributed by atoms with Gasteiger partial charge in [-0.05, 0) is 64.6 Å². The number of halogens is 1. The molecule has 0 spiro atoms. The molecular weight excluding hydrogens is 395 g/mol. The van der Waals surface area contributed by atoms with E-state index in [1.165, 1.54) is 4.90 Å². The Hall–Kier alpha value is -1.73. The molecule has 0 saturated carbocycles. The molecular formula is C16H11IN2OS. The lowest BCUT2D eigenvalue weighted by Crippen LogP contribution is -2.30. The summed E-state index contributed by atoms with van der Waals surface area (Å²) in [5.41, 5.74) is 2.23. The summed E-state index contributed by atoms with van der Waals surface area (Å²) in [6.07, 6.45) is 1.81. The smallest absolute Gasteiger partial charge is 0.281 e. The molecule has 3 nitrogen and oxygen atoms in total. The van der Waals surface area contributed by atoms with Crippen molar-refractivity contribution in [3.05, 3.63) is 69.4 Å². The molecule has 104 valence electrons. The number of carbonyl (C=O) groups is 1. The summed E-state index contributed by atoms with van der Waals surface area (Å²) in [4.78, 5) is 14.1. The Morgan fingerprint density at radius 2 is 1.86 bits per heavy atom. The first-order valence-corrected chi connectivity index (χ1v) is 7.81. The lowest BCUT2D eigenvalue weighted by atomic mass is 10.2. The largest absolute Gasteiger partial charge is 0.327 e. The van der Waals surface area contributed by atoms with Crippen molar-refractivity contribution < 1.29 is 4.79 Å². The van der Waals surface area contributed by atoms with Gasteiger partial charge in [0.2, 0.25) is 0 Å². The van der Waals surface area contributed by atoms with Gasteiger partial charge in [-0.3, -0.25) is 9.69 Å². The van der Waals surface area contributed by atoms with Crippen molar-refractivity contribution in [2.45, 2.75) is 0 Å². The Labute approximate surface area is 141 Å². The number of anilines is 1. The molecule has 1 aliphatic rings. The molecule has 1 saturated heterocycles. The summed E-state index contributed by atoms with van der Waals surface area (Å²) < 4.78 is 1.06. The Bertz CT molecular complexity index is 743. The van der Waals surface area contributed by atoms with Crippen LogP contribution in [0.25, 0.3) is 6.08 Å². The lowest BCUT2D eigenvalue weighted by molar-refractivity contribution is -0.113. The first kappa shape index (κ1) is 14.2. The molecule has 2 aromatic rings. The molecule has 1 aliphatic heterocycles. The number of amides is 1. The van der Waals surface area contributed by atoms with Crippen LogP contribution in [-0.2, 0) is 4.79 Å². The summed E-state index contributed by atoms with van der Waals surface area (Å²) in [5.74, 6) is -0.133. The quantitative estimate of drug-likeness (QED) is 0.471. The van der Waals surface area contributed by atoms with Crippen LogP contribution in [0.5, 0.6) is 0 Å². The zero-order valence-corrected chi connectivity index (χ0v) is 13.9. The van der Waals surface area contributed by atoms with Crippen LogP contribution in [0.15, 0.2) is 60.3 Å². The third kappa shape index (κ3) is 2.98. The fourth-order valence-electron chi connectivity index (χ4n) is 2.10. The SMILES string of the molecule is O=C1C(=Cc2ccccc2)NC(=S)N1c1cccc(I)c1. The molecule has 0 atom stereocenters. The number of nitrogens with one attached hydrogen (secondary N) is 1. The summed E-state index contributed by atoms with van der Waals surface area (Å²) in [6, 6.07) is 17.4. The minimum atomic E-state index is -0.133. The van der Waals surface area contributed by atoms with Gasteiger partial charge in [0, 0.05) is 3.57 Å². The van der Waals surface area contributed by atoms with Gasteiger partial charge in [-0.2, -0.15) is 0 Å².